The van der Waals surface area contributed by atoms with Crippen LogP contribution in [0.15, 0.2) is 48.5 Å². The molecule has 0 radical (unpaired) electrons. The fourth-order valence-electron chi connectivity index (χ4n) is 6.34. The molecule has 3 heterocycles. The van der Waals surface area contributed by atoms with Crippen LogP contribution in [0.1, 0.15) is 43.4 Å². The molecule has 5 heteroatoms. The maximum Gasteiger partial charge on any atom is 0.231 e. The maximum atomic E-state index is 6.39. The highest BCUT2D eigenvalue weighted by Gasteiger charge is 2.49. The van der Waals surface area contributed by atoms with Gasteiger partial charge in [0, 0.05) is 38.8 Å². The molecule has 2 aromatic rings. The summed E-state index contributed by atoms with van der Waals surface area (Å²) in [6.07, 6.45) is 4.04. The summed E-state index contributed by atoms with van der Waals surface area (Å²) in [6.45, 7) is 9.30. The standard InChI is InChI=1S/C27H34N2O3/c1-27-16-23(14-22(27)15-25(30-18-27)21-5-3-2-4-6-21)29-11-9-28(10-12-29)17-20-7-8-24-26(13-20)32-19-31-24/h2-8,13,22-23,25H,9-12,14-19H2,1H3/t22-,23-,25-,27+/m0/s1. The van der Waals surface area contributed by atoms with Gasteiger partial charge in [-0.2, -0.15) is 0 Å². The van der Waals surface area contributed by atoms with Gasteiger partial charge in [-0.25, -0.2) is 0 Å². The average Bonchev–Trinajstić information content (AvgIpc) is 3.43. The topological polar surface area (TPSA) is 34.2 Å². The molecule has 6 rings (SSSR count). The summed E-state index contributed by atoms with van der Waals surface area (Å²) in [6, 6.07) is 17.9. The zero-order valence-corrected chi connectivity index (χ0v) is 19.0. The Morgan fingerprint density at radius 1 is 0.938 bits per heavy atom. The minimum absolute atomic E-state index is 0.270. The summed E-state index contributed by atoms with van der Waals surface area (Å²) in [5.74, 6) is 2.52. The van der Waals surface area contributed by atoms with E-state index in [1.54, 1.807) is 0 Å². The van der Waals surface area contributed by atoms with Gasteiger partial charge in [-0.3, -0.25) is 9.80 Å². The molecule has 0 spiro atoms. The van der Waals surface area contributed by atoms with Crippen molar-refractivity contribution >= 4 is 0 Å². The van der Waals surface area contributed by atoms with Crippen LogP contribution in [0.3, 0.4) is 0 Å². The minimum atomic E-state index is 0.270. The molecule has 0 bridgehead atoms. The van der Waals surface area contributed by atoms with E-state index in [9.17, 15) is 0 Å². The Bertz CT molecular complexity index is 943. The van der Waals surface area contributed by atoms with Crippen molar-refractivity contribution in [3.8, 4) is 11.5 Å². The minimum Gasteiger partial charge on any atom is -0.454 e. The van der Waals surface area contributed by atoms with Crippen molar-refractivity contribution in [2.24, 2.45) is 11.3 Å². The van der Waals surface area contributed by atoms with Gasteiger partial charge >= 0.3 is 0 Å². The Balaban J connectivity index is 1.04. The molecular weight excluding hydrogens is 400 g/mol. The van der Waals surface area contributed by atoms with E-state index >= 15 is 0 Å². The number of rotatable bonds is 4. The lowest BCUT2D eigenvalue weighted by Crippen LogP contribution is -2.49. The van der Waals surface area contributed by atoms with E-state index in [2.05, 4.69) is 59.2 Å². The van der Waals surface area contributed by atoms with Crippen LogP contribution in [0, 0.1) is 11.3 Å². The lowest BCUT2D eigenvalue weighted by atomic mass is 9.75. The van der Waals surface area contributed by atoms with Crippen molar-refractivity contribution in [1.29, 1.82) is 0 Å². The highest BCUT2D eigenvalue weighted by atomic mass is 16.7. The molecule has 2 aromatic carbocycles. The molecule has 4 aliphatic rings. The van der Waals surface area contributed by atoms with Gasteiger partial charge in [0.1, 0.15) is 0 Å². The summed E-state index contributed by atoms with van der Waals surface area (Å²) in [5.41, 5.74) is 2.99. The van der Waals surface area contributed by atoms with E-state index in [1.807, 2.05) is 6.07 Å². The number of piperazine rings is 1. The number of ether oxygens (including phenoxy) is 3. The second kappa shape index (κ2) is 8.36. The lowest BCUT2D eigenvalue weighted by molar-refractivity contribution is -0.0819. The van der Waals surface area contributed by atoms with E-state index < -0.39 is 0 Å². The lowest BCUT2D eigenvalue weighted by Gasteiger charge is -2.40. The van der Waals surface area contributed by atoms with Crippen molar-refractivity contribution < 1.29 is 14.2 Å². The fraction of sp³-hybridized carbons (Fsp3) is 0.556. The number of nitrogens with zero attached hydrogens (tertiary/aromatic N) is 2. The highest BCUT2D eigenvalue weighted by molar-refractivity contribution is 5.44. The molecule has 3 fully saturated rings. The van der Waals surface area contributed by atoms with Gasteiger partial charge in [0.15, 0.2) is 11.5 Å². The van der Waals surface area contributed by atoms with Crippen LogP contribution in [0.2, 0.25) is 0 Å². The number of hydrogen-bond acceptors (Lipinski definition) is 5. The van der Waals surface area contributed by atoms with E-state index in [0.717, 1.165) is 43.7 Å². The molecule has 3 aliphatic heterocycles. The molecule has 4 atom stereocenters. The second-order valence-corrected chi connectivity index (χ2v) is 10.4. The third-order valence-electron chi connectivity index (χ3n) is 8.29. The largest absolute Gasteiger partial charge is 0.454 e. The highest BCUT2D eigenvalue weighted by Crippen LogP contribution is 2.53. The summed E-state index contributed by atoms with van der Waals surface area (Å²) in [4.78, 5) is 5.34. The van der Waals surface area contributed by atoms with Crippen LogP contribution in [-0.4, -0.2) is 55.4 Å². The van der Waals surface area contributed by atoms with Crippen LogP contribution < -0.4 is 9.47 Å². The van der Waals surface area contributed by atoms with Gasteiger partial charge in [0.05, 0.1) is 12.7 Å². The third-order valence-corrected chi connectivity index (χ3v) is 8.29. The zero-order valence-electron chi connectivity index (χ0n) is 19.0. The Kier molecular flexibility index (Phi) is 5.36. The quantitative estimate of drug-likeness (QED) is 0.709. The third kappa shape index (κ3) is 3.91. The maximum absolute atomic E-state index is 6.39. The summed E-state index contributed by atoms with van der Waals surface area (Å²) < 4.78 is 17.4. The van der Waals surface area contributed by atoms with Gasteiger partial charge in [-0.05, 0) is 53.9 Å². The van der Waals surface area contributed by atoms with Crippen molar-refractivity contribution in [2.45, 2.75) is 44.9 Å². The van der Waals surface area contributed by atoms with Crippen molar-refractivity contribution in [2.75, 3.05) is 39.6 Å². The first kappa shape index (κ1) is 20.5. The molecule has 170 valence electrons. The van der Waals surface area contributed by atoms with Gasteiger partial charge in [-0.15, -0.1) is 0 Å². The number of benzene rings is 2. The van der Waals surface area contributed by atoms with Crippen LogP contribution >= 0.6 is 0 Å². The fourth-order valence-corrected chi connectivity index (χ4v) is 6.34. The molecule has 0 N–H and O–H groups in total. The molecule has 1 aliphatic carbocycles. The molecule has 0 unspecified atom stereocenters. The molecule has 32 heavy (non-hydrogen) atoms. The molecule has 1 saturated carbocycles. The van der Waals surface area contributed by atoms with Crippen molar-refractivity contribution in [3.63, 3.8) is 0 Å². The Hall–Kier alpha value is -2.08. The van der Waals surface area contributed by atoms with E-state index in [0.29, 0.717) is 18.2 Å². The van der Waals surface area contributed by atoms with Gasteiger partial charge in [-0.1, -0.05) is 43.3 Å². The molecule has 0 aromatic heterocycles. The zero-order chi connectivity index (χ0) is 21.5. The number of fused-ring (bicyclic) bond motifs is 2. The van der Waals surface area contributed by atoms with E-state index in [1.165, 1.54) is 43.5 Å². The average molecular weight is 435 g/mol. The summed E-state index contributed by atoms with van der Waals surface area (Å²) in [7, 11) is 0. The van der Waals surface area contributed by atoms with Crippen molar-refractivity contribution in [1.82, 2.24) is 9.80 Å². The smallest absolute Gasteiger partial charge is 0.231 e. The van der Waals surface area contributed by atoms with Crippen molar-refractivity contribution in [3.05, 3.63) is 59.7 Å². The van der Waals surface area contributed by atoms with Gasteiger partial charge in [0.2, 0.25) is 6.79 Å². The van der Waals surface area contributed by atoms with Crippen LogP contribution in [0.25, 0.3) is 0 Å². The summed E-state index contributed by atoms with van der Waals surface area (Å²) >= 11 is 0. The van der Waals surface area contributed by atoms with Crippen LogP contribution in [0.5, 0.6) is 11.5 Å². The normalized spacial score (nSPS) is 32.7. The van der Waals surface area contributed by atoms with Gasteiger partial charge < -0.3 is 14.2 Å². The van der Waals surface area contributed by atoms with E-state index in [-0.39, 0.29) is 6.10 Å². The Morgan fingerprint density at radius 3 is 2.59 bits per heavy atom. The first-order valence-electron chi connectivity index (χ1n) is 12.2. The van der Waals surface area contributed by atoms with Gasteiger partial charge in [0.25, 0.3) is 0 Å². The molecule has 5 nitrogen and oxygen atoms in total. The molecule has 0 amide bonds. The molecule has 2 saturated heterocycles. The van der Waals surface area contributed by atoms with Crippen LogP contribution in [-0.2, 0) is 11.3 Å². The predicted octanol–water partition coefficient (Wildman–Crippen LogP) is 4.48. The van der Waals surface area contributed by atoms with E-state index in [4.69, 9.17) is 14.2 Å². The molecular formula is C27H34N2O3. The predicted molar refractivity (Wildman–Crippen MR) is 124 cm³/mol. The summed E-state index contributed by atoms with van der Waals surface area (Å²) in [5, 5.41) is 0. The Morgan fingerprint density at radius 2 is 1.75 bits per heavy atom. The first-order chi connectivity index (χ1) is 15.7. The Labute approximate surface area is 191 Å². The first-order valence-corrected chi connectivity index (χ1v) is 12.2. The SMILES string of the molecule is C[C@@]12CO[C@H](c3ccccc3)C[C@@H]1C[C@H](N1CCN(Cc3ccc4c(c3)OCO4)CC1)C2. The monoisotopic (exact) mass is 434 g/mol. The number of hydrogen-bond donors (Lipinski definition) is 0. The second-order valence-electron chi connectivity index (χ2n) is 10.4. The van der Waals surface area contributed by atoms with Crippen LogP contribution in [0.4, 0.5) is 0 Å².